The van der Waals surface area contributed by atoms with Gasteiger partial charge in [0.25, 0.3) is 6.47 Å². The van der Waals surface area contributed by atoms with E-state index in [9.17, 15) is 4.39 Å². The SMILES string of the molecule is CNCc1cc(F)c(C)cc1Oc1cccc2c1OCC2.O=CO. The van der Waals surface area contributed by atoms with E-state index >= 15 is 0 Å². The van der Waals surface area contributed by atoms with Gasteiger partial charge in [0, 0.05) is 24.1 Å². The van der Waals surface area contributed by atoms with Gasteiger partial charge < -0.3 is 19.9 Å². The number of benzene rings is 2. The van der Waals surface area contributed by atoms with Crippen LogP contribution in [0.15, 0.2) is 30.3 Å². The van der Waals surface area contributed by atoms with Crippen molar-refractivity contribution in [2.45, 2.75) is 19.9 Å². The summed E-state index contributed by atoms with van der Waals surface area (Å²) in [5.74, 6) is 1.93. The molecule has 2 N–H and O–H groups in total. The molecule has 0 spiro atoms. The van der Waals surface area contributed by atoms with Crippen molar-refractivity contribution in [3.63, 3.8) is 0 Å². The minimum absolute atomic E-state index is 0.220. The summed E-state index contributed by atoms with van der Waals surface area (Å²) < 4.78 is 25.4. The van der Waals surface area contributed by atoms with Crippen molar-refractivity contribution >= 4 is 6.47 Å². The number of ether oxygens (including phenoxy) is 2. The average molecular weight is 333 g/mol. The Hall–Kier alpha value is -2.60. The van der Waals surface area contributed by atoms with Gasteiger partial charge in [-0.15, -0.1) is 0 Å². The van der Waals surface area contributed by atoms with E-state index in [1.165, 1.54) is 6.07 Å². The van der Waals surface area contributed by atoms with Gasteiger partial charge in [0.15, 0.2) is 11.5 Å². The Bertz CT molecular complexity index is 718. The lowest BCUT2D eigenvalue weighted by molar-refractivity contribution is -0.122. The Morgan fingerprint density at radius 2 is 2.12 bits per heavy atom. The number of fused-ring (bicyclic) bond motifs is 1. The Labute approximate surface area is 140 Å². The Morgan fingerprint density at radius 1 is 1.38 bits per heavy atom. The third kappa shape index (κ3) is 4.02. The molecule has 0 fully saturated rings. The molecule has 0 unspecified atom stereocenters. The molecule has 0 saturated heterocycles. The Morgan fingerprint density at radius 3 is 2.83 bits per heavy atom. The summed E-state index contributed by atoms with van der Waals surface area (Å²) in [7, 11) is 1.82. The van der Waals surface area contributed by atoms with Crippen molar-refractivity contribution < 1.29 is 23.8 Å². The highest BCUT2D eigenvalue weighted by Gasteiger charge is 2.18. The van der Waals surface area contributed by atoms with E-state index in [0.29, 0.717) is 30.2 Å². The van der Waals surface area contributed by atoms with Gasteiger partial charge >= 0.3 is 0 Å². The third-order valence-corrected chi connectivity index (χ3v) is 3.61. The number of hydrogen-bond acceptors (Lipinski definition) is 4. The second-order valence-corrected chi connectivity index (χ2v) is 5.29. The molecular formula is C18H20FNO4. The fourth-order valence-corrected chi connectivity index (χ4v) is 2.50. The van der Waals surface area contributed by atoms with Crippen LogP contribution >= 0.6 is 0 Å². The predicted octanol–water partition coefficient (Wildman–Crippen LogP) is 3.28. The van der Waals surface area contributed by atoms with Gasteiger partial charge in [0.2, 0.25) is 0 Å². The maximum atomic E-state index is 13.7. The second kappa shape index (κ2) is 8.31. The minimum Gasteiger partial charge on any atom is -0.489 e. The summed E-state index contributed by atoms with van der Waals surface area (Å²) in [5, 5.41) is 9.92. The highest BCUT2D eigenvalue weighted by Crippen LogP contribution is 2.39. The van der Waals surface area contributed by atoms with Crippen LogP contribution in [0.2, 0.25) is 0 Å². The highest BCUT2D eigenvalue weighted by atomic mass is 19.1. The number of hydrogen-bond donors (Lipinski definition) is 2. The van der Waals surface area contributed by atoms with Crippen LogP contribution in [-0.4, -0.2) is 25.2 Å². The Kier molecular flexibility index (Phi) is 6.14. The molecule has 5 nitrogen and oxygen atoms in total. The zero-order valence-corrected chi connectivity index (χ0v) is 13.6. The zero-order chi connectivity index (χ0) is 17.5. The molecule has 0 aromatic heterocycles. The molecule has 1 aliphatic rings. The monoisotopic (exact) mass is 333 g/mol. The first-order valence-corrected chi connectivity index (χ1v) is 7.54. The normalized spacial score (nSPS) is 11.8. The summed E-state index contributed by atoms with van der Waals surface area (Å²) in [5.41, 5.74) is 2.51. The Balaban J connectivity index is 0.000000647. The number of carboxylic acid groups (broad SMARTS) is 1. The van der Waals surface area contributed by atoms with Crippen molar-refractivity contribution in [2.24, 2.45) is 0 Å². The molecule has 0 amide bonds. The summed E-state index contributed by atoms with van der Waals surface area (Å²) >= 11 is 0. The molecule has 0 aliphatic carbocycles. The minimum atomic E-state index is -0.250. The van der Waals surface area contributed by atoms with Gasteiger partial charge in [-0.05, 0) is 37.7 Å². The van der Waals surface area contributed by atoms with Crippen molar-refractivity contribution in [2.75, 3.05) is 13.7 Å². The van der Waals surface area contributed by atoms with Gasteiger partial charge in [-0.1, -0.05) is 12.1 Å². The second-order valence-electron chi connectivity index (χ2n) is 5.29. The highest BCUT2D eigenvalue weighted by molar-refractivity contribution is 5.51. The third-order valence-electron chi connectivity index (χ3n) is 3.61. The van der Waals surface area contributed by atoms with E-state index in [0.717, 1.165) is 23.3 Å². The van der Waals surface area contributed by atoms with Crippen LogP contribution in [0.3, 0.4) is 0 Å². The summed E-state index contributed by atoms with van der Waals surface area (Å²) in [4.78, 5) is 8.36. The van der Waals surface area contributed by atoms with Gasteiger partial charge in [-0.3, -0.25) is 4.79 Å². The number of nitrogens with one attached hydrogen (secondary N) is 1. The fourth-order valence-electron chi connectivity index (χ4n) is 2.50. The van der Waals surface area contributed by atoms with E-state index in [1.807, 2.05) is 25.2 Å². The summed E-state index contributed by atoms with van der Waals surface area (Å²) in [6, 6.07) is 9.13. The number of para-hydroxylation sites is 1. The number of carbonyl (C=O) groups is 1. The van der Waals surface area contributed by atoms with Crippen LogP contribution in [0.1, 0.15) is 16.7 Å². The van der Waals surface area contributed by atoms with Crippen LogP contribution in [0.5, 0.6) is 17.2 Å². The van der Waals surface area contributed by atoms with Crippen molar-refractivity contribution in [1.29, 1.82) is 0 Å². The topological polar surface area (TPSA) is 67.8 Å². The van der Waals surface area contributed by atoms with Gasteiger partial charge in [0.1, 0.15) is 11.6 Å². The number of rotatable bonds is 4. The van der Waals surface area contributed by atoms with Gasteiger partial charge in [-0.2, -0.15) is 0 Å². The summed E-state index contributed by atoms with van der Waals surface area (Å²) in [6.07, 6.45) is 0.901. The van der Waals surface area contributed by atoms with Crippen LogP contribution in [0.4, 0.5) is 4.39 Å². The quantitative estimate of drug-likeness (QED) is 0.841. The van der Waals surface area contributed by atoms with E-state index < -0.39 is 0 Å². The molecule has 24 heavy (non-hydrogen) atoms. The molecule has 2 aromatic rings. The molecule has 0 atom stereocenters. The largest absolute Gasteiger partial charge is 0.489 e. The maximum absolute atomic E-state index is 13.7. The fraction of sp³-hybridized carbons (Fsp3) is 0.278. The average Bonchev–Trinajstić information content (AvgIpc) is 3.03. The molecule has 1 aliphatic heterocycles. The van der Waals surface area contributed by atoms with Gasteiger partial charge in [0.05, 0.1) is 6.61 Å². The molecule has 128 valence electrons. The number of halogens is 1. The maximum Gasteiger partial charge on any atom is 0.290 e. The predicted molar refractivity (Wildman–Crippen MR) is 88.3 cm³/mol. The van der Waals surface area contributed by atoms with Crippen LogP contribution in [-0.2, 0) is 17.8 Å². The molecule has 6 heteroatoms. The lowest BCUT2D eigenvalue weighted by Crippen LogP contribution is -2.07. The molecule has 0 bridgehead atoms. The van der Waals surface area contributed by atoms with E-state index in [2.05, 4.69) is 5.32 Å². The van der Waals surface area contributed by atoms with Crippen molar-refractivity contribution in [1.82, 2.24) is 5.32 Å². The van der Waals surface area contributed by atoms with E-state index in [4.69, 9.17) is 19.4 Å². The van der Waals surface area contributed by atoms with Crippen LogP contribution in [0.25, 0.3) is 0 Å². The standard InChI is InChI=1S/C17H18FNO2.CH2O2/c1-11-8-16(13(10-19-2)9-14(11)18)21-15-5-3-4-12-6-7-20-17(12)15;2-1-3/h3-5,8-9,19H,6-7,10H2,1-2H3;1H,(H,2,3). The molecular weight excluding hydrogens is 313 g/mol. The first-order valence-electron chi connectivity index (χ1n) is 7.54. The molecule has 1 heterocycles. The number of aryl methyl sites for hydroxylation is 1. The van der Waals surface area contributed by atoms with E-state index in [-0.39, 0.29) is 12.3 Å². The summed E-state index contributed by atoms with van der Waals surface area (Å²) in [6.45, 7) is 2.71. The van der Waals surface area contributed by atoms with E-state index in [1.54, 1.807) is 13.0 Å². The van der Waals surface area contributed by atoms with Crippen LogP contribution in [0, 0.1) is 12.7 Å². The molecule has 0 radical (unpaired) electrons. The lowest BCUT2D eigenvalue weighted by Gasteiger charge is -2.14. The molecule has 2 aromatic carbocycles. The zero-order valence-electron chi connectivity index (χ0n) is 13.6. The van der Waals surface area contributed by atoms with Gasteiger partial charge in [-0.25, -0.2) is 4.39 Å². The van der Waals surface area contributed by atoms with Crippen molar-refractivity contribution in [3.05, 3.63) is 52.8 Å². The first kappa shape index (κ1) is 17.7. The molecule has 3 rings (SSSR count). The smallest absolute Gasteiger partial charge is 0.290 e. The van der Waals surface area contributed by atoms with Crippen molar-refractivity contribution in [3.8, 4) is 17.2 Å². The first-order chi connectivity index (χ1) is 11.6. The lowest BCUT2D eigenvalue weighted by atomic mass is 10.1. The molecule has 0 saturated carbocycles. The van der Waals surface area contributed by atoms with Crippen LogP contribution < -0.4 is 14.8 Å².